The van der Waals surface area contributed by atoms with Crippen LogP contribution in [0.3, 0.4) is 0 Å². The fourth-order valence-corrected chi connectivity index (χ4v) is 3.73. The second-order valence-corrected chi connectivity index (χ2v) is 7.47. The van der Waals surface area contributed by atoms with Crippen molar-refractivity contribution in [1.82, 2.24) is 4.90 Å². The Balaban J connectivity index is 1.38. The molecule has 0 N–H and O–H groups in total. The quantitative estimate of drug-likeness (QED) is 0.559. The van der Waals surface area contributed by atoms with Gasteiger partial charge in [0.05, 0.1) is 16.6 Å². The van der Waals surface area contributed by atoms with Crippen molar-refractivity contribution < 1.29 is 23.9 Å². The molecule has 0 aromatic heterocycles. The van der Waals surface area contributed by atoms with Gasteiger partial charge >= 0.3 is 6.09 Å². The van der Waals surface area contributed by atoms with Gasteiger partial charge in [0.2, 0.25) is 6.79 Å². The number of benzene rings is 2. The average molecular weight is 413 g/mol. The third-order valence-electron chi connectivity index (χ3n) is 5.37. The second kappa shape index (κ2) is 8.10. The van der Waals surface area contributed by atoms with Crippen LogP contribution in [0.1, 0.15) is 18.1 Å². The molecular weight excluding hydrogens is 390 g/mol. The summed E-state index contributed by atoms with van der Waals surface area (Å²) >= 11 is 0. The molecule has 1 unspecified atom stereocenters. The third-order valence-corrected chi connectivity index (χ3v) is 5.37. The van der Waals surface area contributed by atoms with Crippen LogP contribution in [-0.2, 0) is 11.3 Å². The van der Waals surface area contributed by atoms with Crippen LogP contribution < -0.4 is 14.4 Å². The minimum Gasteiger partial charge on any atom is -0.454 e. The summed E-state index contributed by atoms with van der Waals surface area (Å²) in [6, 6.07) is 11.2. The maximum absolute atomic E-state index is 12.6. The number of carbonyl (C=O) groups excluding carboxylic acids is 1. The molecule has 0 radical (unpaired) electrons. The lowest BCUT2D eigenvalue weighted by Gasteiger charge is -2.40. The Hall–Kier alpha value is -3.49. The SMILES string of the molecule is Cc1ccc(N2CCN(C(=O)OCc3cc4c(cc3[N+](=O)[O-])OCO4)CC2C)cc1. The van der Waals surface area contributed by atoms with Crippen molar-refractivity contribution in [3.8, 4) is 11.5 Å². The van der Waals surface area contributed by atoms with Crippen molar-refractivity contribution in [3.05, 3.63) is 57.6 Å². The number of carbonyl (C=O) groups is 1. The Morgan fingerprint density at radius 2 is 1.90 bits per heavy atom. The zero-order chi connectivity index (χ0) is 21.3. The molecule has 2 aromatic carbocycles. The van der Waals surface area contributed by atoms with Crippen LogP contribution in [0.2, 0.25) is 0 Å². The van der Waals surface area contributed by atoms with Crippen molar-refractivity contribution >= 4 is 17.5 Å². The van der Waals surface area contributed by atoms with Crippen molar-refractivity contribution in [2.24, 2.45) is 0 Å². The van der Waals surface area contributed by atoms with Crippen LogP contribution in [0.15, 0.2) is 36.4 Å². The van der Waals surface area contributed by atoms with E-state index in [4.69, 9.17) is 14.2 Å². The number of nitro benzene ring substituents is 1. The van der Waals surface area contributed by atoms with Crippen LogP contribution in [0.4, 0.5) is 16.2 Å². The number of hydrogen-bond acceptors (Lipinski definition) is 7. The van der Waals surface area contributed by atoms with Crippen LogP contribution in [0.5, 0.6) is 11.5 Å². The zero-order valence-corrected chi connectivity index (χ0v) is 16.9. The largest absolute Gasteiger partial charge is 0.454 e. The molecule has 0 bridgehead atoms. The van der Waals surface area contributed by atoms with E-state index in [-0.39, 0.29) is 30.7 Å². The van der Waals surface area contributed by atoms with Gasteiger partial charge in [-0.25, -0.2) is 4.79 Å². The molecule has 2 aliphatic heterocycles. The fraction of sp³-hybridized carbons (Fsp3) is 0.381. The molecule has 0 saturated carbocycles. The Morgan fingerprint density at radius 3 is 2.57 bits per heavy atom. The van der Waals surface area contributed by atoms with E-state index in [2.05, 4.69) is 36.1 Å². The highest BCUT2D eigenvalue weighted by Gasteiger charge is 2.29. The van der Waals surface area contributed by atoms with Gasteiger partial charge in [-0.1, -0.05) is 17.7 Å². The van der Waals surface area contributed by atoms with Crippen LogP contribution in [0.25, 0.3) is 0 Å². The normalized spacial score (nSPS) is 17.7. The number of piperazine rings is 1. The number of amides is 1. The summed E-state index contributed by atoms with van der Waals surface area (Å²) in [6.07, 6.45) is -0.489. The summed E-state index contributed by atoms with van der Waals surface area (Å²) in [4.78, 5) is 27.3. The predicted molar refractivity (Wildman–Crippen MR) is 109 cm³/mol. The number of nitrogens with zero attached hydrogens (tertiary/aromatic N) is 3. The molecule has 2 heterocycles. The number of anilines is 1. The summed E-state index contributed by atoms with van der Waals surface area (Å²) in [7, 11) is 0. The number of nitro groups is 1. The van der Waals surface area contributed by atoms with E-state index in [9.17, 15) is 14.9 Å². The fourth-order valence-electron chi connectivity index (χ4n) is 3.73. The molecule has 1 amide bonds. The molecule has 2 aliphatic rings. The maximum Gasteiger partial charge on any atom is 0.410 e. The van der Waals surface area contributed by atoms with Crippen molar-refractivity contribution in [1.29, 1.82) is 0 Å². The zero-order valence-electron chi connectivity index (χ0n) is 16.9. The standard InChI is InChI=1S/C21H23N3O6/c1-14-3-5-17(6-4-14)23-8-7-22(11-15(23)2)21(25)28-12-16-9-19-20(30-13-29-19)10-18(16)24(26)27/h3-6,9-10,15H,7-8,11-13H2,1-2H3. The van der Waals surface area contributed by atoms with Gasteiger partial charge in [0, 0.05) is 31.4 Å². The summed E-state index contributed by atoms with van der Waals surface area (Å²) in [5.41, 5.74) is 2.43. The second-order valence-electron chi connectivity index (χ2n) is 7.47. The van der Waals surface area contributed by atoms with E-state index in [1.54, 1.807) is 4.90 Å². The van der Waals surface area contributed by atoms with Gasteiger partial charge in [-0.15, -0.1) is 0 Å². The van der Waals surface area contributed by atoms with Gasteiger partial charge in [-0.3, -0.25) is 10.1 Å². The molecule has 1 fully saturated rings. The van der Waals surface area contributed by atoms with E-state index >= 15 is 0 Å². The van der Waals surface area contributed by atoms with E-state index in [1.807, 2.05) is 6.92 Å². The molecule has 4 rings (SSSR count). The average Bonchev–Trinajstić information content (AvgIpc) is 3.19. The van der Waals surface area contributed by atoms with E-state index in [1.165, 1.54) is 17.7 Å². The highest BCUT2D eigenvalue weighted by Crippen LogP contribution is 2.38. The minimum absolute atomic E-state index is 0.0128. The number of aryl methyl sites for hydroxylation is 1. The van der Waals surface area contributed by atoms with Crippen LogP contribution in [-0.4, -0.2) is 48.4 Å². The molecule has 30 heavy (non-hydrogen) atoms. The molecule has 1 saturated heterocycles. The summed E-state index contributed by atoms with van der Waals surface area (Å²) in [5, 5.41) is 11.4. The van der Waals surface area contributed by atoms with Gasteiger partial charge in [-0.2, -0.15) is 0 Å². The summed E-state index contributed by atoms with van der Waals surface area (Å²) in [5.74, 6) is 0.727. The molecule has 158 valence electrons. The molecule has 9 nitrogen and oxygen atoms in total. The highest BCUT2D eigenvalue weighted by molar-refractivity contribution is 5.69. The van der Waals surface area contributed by atoms with Gasteiger partial charge in [0.15, 0.2) is 11.5 Å². The van der Waals surface area contributed by atoms with Crippen LogP contribution >= 0.6 is 0 Å². The van der Waals surface area contributed by atoms with Gasteiger partial charge in [0.1, 0.15) is 6.61 Å². The van der Waals surface area contributed by atoms with Crippen molar-refractivity contribution in [3.63, 3.8) is 0 Å². The highest BCUT2D eigenvalue weighted by atomic mass is 16.7. The van der Waals surface area contributed by atoms with E-state index in [0.29, 0.717) is 31.1 Å². The maximum atomic E-state index is 12.6. The van der Waals surface area contributed by atoms with E-state index < -0.39 is 11.0 Å². The van der Waals surface area contributed by atoms with Gasteiger partial charge in [-0.05, 0) is 32.0 Å². The molecule has 9 heteroatoms. The Labute approximate surface area is 173 Å². The summed E-state index contributed by atoms with van der Waals surface area (Å²) in [6.45, 7) is 5.62. The lowest BCUT2D eigenvalue weighted by atomic mass is 10.1. The van der Waals surface area contributed by atoms with Gasteiger partial charge < -0.3 is 24.0 Å². The molecule has 2 aromatic rings. The first kappa shape index (κ1) is 19.8. The minimum atomic E-state index is -0.520. The number of ether oxygens (including phenoxy) is 3. The number of rotatable bonds is 4. The monoisotopic (exact) mass is 413 g/mol. The number of hydrogen-bond donors (Lipinski definition) is 0. The van der Waals surface area contributed by atoms with Crippen LogP contribution in [0, 0.1) is 17.0 Å². The van der Waals surface area contributed by atoms with Gasteiger partial charge in [0.25, 0.3) is 5.69 Å². The topological polar surface area (TPSA) is 94.4 Å². The molecule has 0 spiro atoms. The third kappa shape index (κ3) is 3.96. The Bertz CT molecular complexity index is 962. The first-order valence-corrected chi connectivity index (χ1v) is 9.74. The predicted octanol–water partition coefficient (Wildman–Crippen LogP) is 3.48. The van der Waals surface area contributed by atoms with Crippen molar-refractivity contribution in [2.45, 2.75) is 26.5 Å². The van der Waals surface area contributed by atoms with E-state index in [0.717, 1.165) is 5.69 Å². The summed E-state index contributed by atoms with van der Waals surface area (Å²) < 4.78 is 15.8. The first-order valence-electron chi connectivity index (χ1n) is 9.74. The first-order chi connectivity index (χ1) is 14.4. The Kier molecular flexibility index (Phi) is 5.35. The molecule has 1 atom stereocenters. The van der Waals surface area contributed by atoms with Crippen molar-refractivity contribution in [2.75, 3.05) is 31.3 Å². The number of fused-ring (bicyclic) bond motifs is 1. The Morgan fingerprint density at radius 1 is 1.20 bits per heavy atom. The molecule has 0 aliphatic carbocycles. The lowest BCUT2D eigenvalue weighted by molar-refractivity contribution is -0.385. The smallest absolute Gasteiger partial charge is 0.410 e. The lowest BCUT2D eigenvalue weighted by Crippen LogP contribution is -2.53. The molecular formula is C21H23N3O6.